The van der Waals surface area contributed by atoms with E-state index in [1.165, 1.54) is 0 Å². The molecule has 2 aromatic rings. The molecule has 4 nitrogen and oxygen atoms in total. The minimum absolute atomic E-state index is 0.100. The average molecular weight is 327 g/mol. The number of thioether (sulfide) groups is 1. The average Bonchev–Trinajstić information content (AvgIpc) is 2.57. The minimum Gasteiger partial charge on any atom is -0.492 e. The molecule has 1 aliphatic rings. The summed E-state index contributed by atoms with van der Waals surface area (Å²) in [6.07, 6.45) is 0.524. The van der Waals surface area contributed by atoms with Crippen LogP contribution in [0.3, 0.4) is 0 Å². The lowest BCUT2D eigenvalue weighted by molar-refractivity contribution is 0.0984. The number of fused-ring (bicyclic) bond motifs is 1. The van der Waals surface area contributed by atoms with Crippen LogP contribution in [0.1, 0.15) is 34.1 Å². The number of nitrogens with one attached hydrogen (secondary N) is 1. The van der Waals surface area contributed by atoms with Gasteiger partial charge >= 0.3 is 0 Å². The van der Waals surface area contributed by atoms with Crippen molar-refractivity contribution in [3.8, 4) is 5.75 Å². The van der Waals surface area contributed by atoms with Crippen LogP contribution in [-0.2, 0) is 0 Å². The number of Topliss-reactive ketones (excluding diaryl/α,β-unsaturated/α-hetero) is 1. The van der Waals surface area contributed by atoms with E-state index in [1.807, 2.05) is 25.1 Å². The molecule has 0 atom stereocenters. The number of amides is 1. The van der Waals surface area contributed by atoms with E-state index < -0.39 is 0 Å². The van der Waals surface area contributed by atoms with E-state index in [9.17, 15) is 9.59 Å². The number of ether oxygens (including phenoxy) is 1. The van der Waals surface area contributed by atoms with Gasteiger partial charge in [-0.15, -0.1) is 11.8 Å². The van der Waals surface area contributed by atoms with Crippen molar-refractivity contribution in [2.75, 3.05) is 17.7 Å². The molecule has 1 N–H and O–H groups in total. The fourth-order valence-electron chi connectivity index (χ4n) is 2.51. The van der Waals surface area contributed by atoms with Gasteiger partial charge in [0.25, 0.3) is 5.91 Å². The second kappa shape index (κ2) is 6.87. The normalized spacial score (nSPS) is 13.3. The Kier molecular flexibility index (Phi) is 4.67. The van der Waals surface area contributed by atoms with Gasteiger partial charge in [0.2, 0.25) is 0 Å². The molecule has 2 aromatic carbocycles. The number of rotatable bonds is 4. The van der Waals surface area contributed by atoms with Gasteiger partial charge in [0.1, 0.15) is 5.75 Å². The summed E-state index contributed by atoms with van der Waals surface area (Å²) < 4.78 is 5.53. The van der Waals surface area contributed by atoms with Gasteiger partial charge in [-0.1, -0.05) is 24.3 Å². The Morgan fingerprint density at radius 3 is 2.87 bits per heavy atom. The molecule has 1 amide bonds. The highest BCUT2D eigenvalue weighted by Crippen LogP contribution is 2.34. The molecular weight excluding hydrogens is 310 g/mol. The lowest BCUT2D eigenvalue weighted by Gasteiger charge is -2.18. The third-order valence-corrected chi connectivity index (χ3v) is 4.71. The Hall–Kier alpha value is -2.27. The summed E-state index contributed by atoms with van der Waals surface area (Å²) in [6.45, 7) is 2.42. The summed E-state index contributed by atoms with van der Waals surface area (Å²) >= 11 is 1.56. The Morgan fingerprint density at radius 2 is 2.04 bits per heavy atom. The van der Waals surface area contributed by atoms with Crippen LogP contribution in [0.5, 0.6) is 5.75 Å². The lowest BCUT2D eigenvalue weighted by Crippen LogP contribution is -2.17. The van der Waals surface area contributed by atoms with Gasteiger partial charge in [0.15, 0.2) is 5.78 Å². The quantitative estimate of drug-likeness (QED) is 0.921. The molecule has 0 spiro atoms. The van der Waals surface area contributed by atoms with Crippen molar-refractivity contribution in [2.45, 2.75) is 18.2 Å². The van der Waals surface area contributed by atoms with Crippen LogP contribution in [0.15, 0.2) is 47.4 Å². The molecule has 23 heavy (non-hydrogen) atoms. The fourth-order valence-corrected chi connectivity index (χ4v) is 3.66. The van der Waals surface area contributed by atoms with Crippen LogP contribution in [0, 0.1) is 0 Å². The zero-order valence-corrected chi connectivity index (χ0v) is 13.6. The van der Waals surface area contributed by atoms with Gasteiger partial charge in [-0.3, -0.25) is 9.59 Å². The van der Waals surface area contributed by atoms with Crippen molar-refractivity contribution >= 4 is 29.1 Å². The minimum atomic E-state index is -0.226. The zero-order valence-electron chi connectivity index (χ0n) is 12.8. The van der Waals surface area contributed by atoms with Gasteiger partial charge < -0.3 is 10.1 Å². The molecule has 0 fully saturated rings. The molecule has 0 aliphatic carbocycles. The van der Waals surface area contributed by atoms with Gasteiger partial charge in [0, 0.05) is 22.6 Å². The van der Waals surface area contributed by atoms with Crippen LogP contribution in [0.2, 0.25) is 0 Å². The fraction of sp³-hybridized carbons (Fsp3) is 0.222. The highest BCUT2D eigenvalue weighted by molar-refractivity contribution is 7.99. The SMILES string of the molecule is CCOc1ccccc1NC(=O)c1cccc2c1SCCC2=O. The first-order chi connectivity index (χ1) is 11.2. The summed E-state index contributed by atoms with van der Waals surface area (Å²) in [5.41, 5.74) is 1.81. The van der Waals surface area contributed by atoms with Gasteiger partial charge in [-0.25, -0.2) is 0 Å². The standard InChI is InChI=1S/C18H17NO3S/c1-2-22-16-9-4-3-8-14(16)19-18(21)13-7-5-6-12-15(20)10-11-23-17(12)13/h3-9H,2,10-11H2,1H3,(H,19,21). The van der Waals surface area contributed by atoms with E-state index in [4.69, 9.17) is 4.74 Å². The number of hydrogen-bond acceptors (Lipinski definition) is 4. The van der Waals surface area contributed by atoms with Crippen LogP contribution in [0.4, 0.5) is 5.69 Å². The smallest absolute Gasteiger partial charge is 0.256 e. The summed E-state index contributed by atoms with van der Waals surface area (Å²) in [6, 6.07) is 12.6. The number of carbonyl (C=O) groups excluding carboxylic acids is 2. The van der Waals surface area contributed by atoms with Crippen molar-refractivity contribution < 1.29 is 14.3 Å². The summed E-state index contributed by atoms with van der Waals surface area (Å²) in [4.78, 5) is 25.4. The first-order valence-electron chi connectivity index (χ1n) is 7.53. The maximum Gasteiger partial charge on any atom is 0.256 e. The monoisotopic (exact) mass is 327 g/mol. The molecule has 0 radical (unpaired) electrons. The van der Waals surface area contributed by atoms with Gasteiger partial charge in [-0.05, 0) is 25.1 Å². The van der Waals surface area contributed by atoms with Crippen LogP contribution < -0.4 is 10.1 Å². The van der Waals surface area contributed by atoms with Gasteiger partial charge in [0.05, 0.1) is 17.9 Å². The second-order valence-corrected chi connectivity index (χ2v) is 6.19. The Labute approximate surface area is 139 Å². The summed E-state index contributed by atoms with van der Waals surface area (Å²) in [5, 5.41) is 2.89. The Balaban J connectivity index is 1.90. The summed E-state index contributed by atoms with van der Waals surface area (Å²) in [5.74, 6) is 1.22. The molecular formula is C18H17NO3S. The second-order valence-electron chi connectivity index (χ2n) is 5.09. The topological polar surface area (TPSA) is 55.4 Å². The molecule has 5 heteroatoms. The predicted molar refractivity (Wildman–Crippen MR) is 91.7 cm³/mol. The predicted octanol–water partition coefficient (Wildman–Crippen LogP) is 4.02. The van der Waals surface area contributed by atoms with Crippen LogP contribution >= 0.6 is 11.8 Å². The Morgan fingerprint density at radius 1 is 1.22 bits per heavy atom. The van der Waals surface area contributed by atoms with E-state index in [0.29, 0.717) is 41.3 Å². The third kappa shape index (κ3) is 3.24. The van der Waals surface area contributed by atoms with Gasteiger partial charge in [-0.2, -0.15) is 0 Å². The molecule has 3 rings (SSSR count). The molecule has 118 valence electrons. The van der Waals surface area contributed by atoms with E-state index in [2.05, 4.69) is 5.32 Å². The van der Waals surface area contributed by atoms with Crippen LogP contribution in [-0.4, -0.2) is 24.1 Å². The van der Waals surface area contributed by atoms with Crippen molar-refractivity contribution in [1.29, 1.82) is 0 Å². The molecule has 1 heterocycles. The van der Waals surface area contributed by atoms with Crippen molar-refractivity contribution in [1.82, 2.24) is 0 Å². The molecule has 0 saturated heterocycles. The molecule has 0 saturated carbocycles. The van der Waals surface area contributed by atoms with E-state index in [1.54, 1.807) is 36.0 Å². The maximum atomic E-state index is 12.7. The largest absolute Gasteiger partial charge is 0.492 e. The van der Waals surface area contributed by atoms with Crippen molar-refractivity contribution in [3.63, 3.8) is 0 Å². The zero-order chi connectivity index (χ0) is 16.2. The third-order valence-electron chi connectivity index (χ3n) is 3.57. The number of anilines is 1. The number of ketones is 1. The maximum absolute atomic E-state index is 12.7. The first kappa shape index (κ1) is 15.6. The molecule has 0 bridgehead atoms. The number of carbonyl (C=O) groups is 2. The molecule has 0 unspecified atom stereocenters. The first-order valence-corrected chi connectivity index (χ1v) is 8.51. The van der Waals surface area contributed by atoms with E-state index in [0.717, 1.165) is 4.90 Å². The van der Waals surface area contributed by atoms with E-state index in [-0.39, 0.29) is 11.7 Å². The number of benzene rings is 2. The molecule has 1 aliphatic heterocycles. The molecule has 0 aromatic heterocycles. The highest BCUT2D eigenvalue weighted by Gasteiger charge is 2.23. The van der Waals surface area contributed by atoms with E-state index >= 15 is 0 Å². The Bertz CT molecular complexity index is 758. The van der Waals surface area contributed by atoms with Crippen LogP contribution in [0.25, 0.3) is 0 Å². The highest BCUT2D eigenvalue weighted by atomic mass is 32.2. The lowest BCUT2D eigenvalue weighted by atomic mass is 10.0. The number of para-hydroxylation sites is 2. The van der Waals surface area contributed by atoms with Crippen molar-refractivity contribution in [2.24, 2.45) is 0 Å². The van der Waals surface area contributed by atoms with Crippen molar-refractivity contribution in [3.05, 3.63) is 53.6 Å². The number of hydrogen-bond donors (Lipinski definition) is 1. The summed E-state index contributed by atoms with van der Waals surface area (Å²) in [7, 11) is 0.